The predicted molar refractivity (Wildman–Crippen MR) is 103 cm³/mol. The van der Waals surface area contributed by atoms with E-state index in [0.717, 1.165) is 0 Å². The van der Waals surface area contributed by atoms with Gasteiger partial charge < -0.3 is 21.3 Å². The van der Waals surface area contributed by atoms with E-state index in [1.807, 2.05) is 0 Å². The van der Waals surface area contributed by atoms with Crippen molar-refractivity contribution < 1.29 is 19.0 Å². The quantitative estimate of drug-likeness (QED) is 0.448. The minimum absolute atomic E-state index is 0.0814. The molecule has 0 heterocycles. The van der Waals surface area contributed by atoms with E-state index in [9.17, 15) is 13.9 Å². The molecule has 0 saturated heterocycles. The number of nitrogens with one attached hydrogen (secondary N) is 1. The zero-order valence-electron chi connectivity index (χ0n) is 15.5. The summed E-state index contributed by atoms with van der Waals surface area (Å²) in [6, 6.07) is 11.6. The van der Waals surface area contributed by atoms with Gasteiger partial charge in [0.1, 0.15) is 17.0 Å². The first-order valence-electron chi connectivity index (χ1n) is 8.43. The molecule has 0 saturated carbocycles. The van der Waals surface area contributed by atoms with Crippen LogP contribution in [0.2, 0.25) is 0 Å². The number of alkyl halides is 2. The third kappa shape index (κ3) is 7.40. The van der Waals surface area contributed by atoms with E-state index >= 15 is 0 Å². The van der Waals surface area contributed by atoms with Crippen molar-refractivity contribution in [3.63, 3.8) is 0 Å². The molecule has 2 aromatic rings. The van der Waals surface area contributed by atoms with Crippen LogP contribution in [0.4, 0.5) is 20.2 Å². The van der Waals surface area contributed by atoms with Gasteiger partial charge in [0.15, 0.2) is 0 Å². The van der Waals surface area contributed by atoms with Gasteiger partial charge in [0, 0.05) is 24.2 Å². The van der Waals surface area contributed by atoms with Crippen molar-refractivity contribution in [2.24, 2.45) is 0 Å². The smallest absolute Gasteiger partial charge is 0.119 e. The van der Waals surface area contributed by atoms with E-state index in [2.05, 4.69) is 11.4 Å². The fourth-order valence-corrected chi connectivity index (χ4v) is 2.26. The number of benzene rings is 2. The Morgan fingerprint density at radius 3 is 2.04 bits per heavy atom. The van der Waals surface area contributed by atoms with Crippen LogP contribution in [0.15, 0.2) is 36.4 Å². The maximum atomic E-state index is 12.2. The highest BCUT2D eigenvalue weighted by Gasteiger charge is 2.16. The van der Waals surface area contributed by atoms with Crippen molar-refractivity contribution in [2.75, 3.05) is 24.4 Å². The van der Waals surface area contributed by atoms with Gasteiger partial charge in [-0.05, 0) is 61.4 Å². The molecule has 5 nitrogen and oxygen atoms in total. The number of nitriles is 1. The van der Waals surface area contributed by atoms with Gasteiger partial charge in [0.05, 0.1) is 19.4 Å². The number of hydrogen-bond donors (Lipinski definition) is 4. The lowest BCUT2D eigenvalue weighted by Crippen LogP contribution is -2.28. The number of aryl methyl sites for hydroxylation is 2. The van der Waals surface area contributed by atoms with Crippen LogP contribution in [0.1, 0.15) is 25.0 Å². The number of phenolic OH excluding ortho intramolecular Hbond substituents is 2. The van der Waals surface area contributed by atoms with Crippen molar-refractivity contribution in [2.45, 2.75) is 32.2 Å². The van der Waals surface area contributed by atoms with Gasteiger partial charge in [0.2, 0.25) is 0 Å². The molecule has 5 N–H and O–H groups in total. The van der Waals surface area contributed by atoms with E-state index in [1.54, 1.807) is 38.1 Å². The van der Waals surface area contributed by atoms with Crippen molar-refractivity contribution >= 4 is 11.4 Å². The lowest BCUT2D eigenvalue weighted by atomic mass is 10.1. The van der Waals surface area contributed by atoms with Gasteiger partial charge >= 0.3 is 0 Å². The van der Waals surface area contributed by atoms with E-state index in [4.69, 9.17) is 16.1 Å². The summed E-state index contributed by atoms with van der Waals surface area (Å²) in [5.74, 6) is 0.190. The van der Waals surface area contributed by atoms with E-state index in [0.29, 0.717) is 22.5 Å². The Balaban J connectivity index is 0.000000289. The Bertz CT molecular complexity index is 789. The molecule has 27 heavy (non-hydrogen) atoms. The molecule has 146 valence electrons. The van der Waals surface area contributed by atoms with Crippen LogP contribution in [0, 0.1) is 11.3 Å². The molecule has 0 fully saturated rings. The Kier molecular flexibility index (Phi) is 8.34. The number of anilines is 2. The van der Waals surface area contributed by atoms with Gasteiger partial charge in [-0.3, -0.25) is 8.78 Å². The number of halogens is 2. The number of rotatable bonds is 6. The molecule has 0 aromatic heterocycles. The second kappa shape index (κ2) is 10.2. The summed E-state index contributed by atoms with van der Waals surface area (Å²) in [5.41, 5.74) is 7.09. The maximum Gasteiger partial charge on any atom is 0.119 e. The van der Waals surface area contributed by atoms with Crippen molar-refractivity contribution in [3.05, 3.63) is 47.5 Å². The molecule has 0 aliphatic rings. The lowest BCUT2D eigenvalue weighted by molar-refractivity contribution is 0.452. The molecule has 2 aromatic carbocycles. The number of phenols is 2. The molecule has 0 atom stereocenters. The van der Waals surface area contributed by atoms with Crippen LogP contribution >= 0.6 is 0 Å². The minimum Gasteiger partial charge on any atom is -0.508 e. The number of aromatic hydroxyl groups is 2. The van der Waals surface area contributed by atoms with Crippen LogP contribution in [0.25, 0.3) is 0 Å². The molecular formula is C20H25F2N3O2. The topological polar surface area (TPSA) is 102 Å². The molecule has 0 spiro atoms. The fraction of sp³-hybridized carbons (Fsp3) is 0.350. The average molecular weight is 377 g/mol. The first kappa shape index (κ1) is 22.0. The summed E-state index contributed by atoms with van der Waals surface area (Å²) in [6.07, 6.45) is 0.394. The van der Waals surface area contributed by atoms with Crippen molar-refractivity contribution in [1.29, 1.82) is 5.26 Å². The van der Waals surface area contributed by atoms with E-state index in [1.165, 1.54) is 12.1 Å². The van der Waals surface area contributed by atoms with E-state index < -0.39 is 18.9 Å². The number of nitrogens with zero attached hydrogens (tertiary/aromatic N) is 1. The summed E-state index contributed by atoms with van der Waals surface area (Å²) in [5, 5.41) is 30.5. The summed E-state index contributed by atoms with van der Waals surface area (Å²) < 4.78 is 24.0. The molecule has 2 rings (SSSR count). The largest absolute Gasteiger partial charge is 0.508 e. The molecule has 0 aliphatic carbocycles. The minimum atomic E-state index is -0.691. The molecule has 0 radical (unpaired) electrons. The zero-order chi connectivity index (χ0) is 20.4. The summed E-state index contributed by atoms with van der Waals surface area (Å²) in [7, 11) is 0. The van der Waals surface area contributed by atoms with Gasteiger partial charge in [-0.2, -0.15) is 5.26 Å². The second-order valence-electron chi connectivity index (χ2n) is 6.47. The SMILES string of the molecule is CC(C)(C#N)Nc1ccc(O)c(CCF)c1.Nc1ccc(O)c(CCF)c1. The third-order valence-electron chi connectivity index (χ3n) is 3.65. The van der Waals surface area contributed by atoms with Crippen LogP contribution < -0.4 is 11.1 Å². The third-order valence-corrected chi connectivity index (χ3v) is 3.65. The molecule has 7 heteroatoms. The number of nitrogens with two attached hydrogens (primary N) is 1. The van der Waals surface area contributed by atoms with Crippen molar-refractivity contribution in [3.8, 4) is 17.6 Å². The average Bonchev–Trinajstić information content (AvgIpc) is 2.62. The van der Waals surface area contributed by atoms with Crippen LogP contribution in [-0.4, -0.2) is 29.1 Å². The molecule has 0 unspecified atom stereocenters. The normalized spacial score (nSPS) is 10.5. The highest BCUT2D eigenvalue weighted by atomic mass is 19.1. The second-order valence-corrected chi connectivity index (χ2v) is 6.47. The molecule has 0 bridgehead atoms. The first-order chi connectivity index (χ1) is 12.7. The highest BCUT2D eigenvalue weighted by molar-refractivity contribution is 5.53. The zero-order valence-corrected chi connectivity index (χ0v) is 15.5. The molecular weight excluding hydrogens is 352 g/mol. The van der Waals surface area contributed by atoms with Gasteiger partial charge in [-0.1, -0.05) is 0 Å². The van der Waals surface area contributed by atoms with Crippen LogP contribution in [-0.2, 0) is 12.8 Å². The standard InChI is InChI=1S/C12H15FN2O.C8H10FNO/c1-12(2,8-14)15-10-3-4-11(16)9(7-10)5-6-13;9-4-3-6-5-7(10)1-2-8(6)11/h3-4,7,15-16H,5-6H2,1-2H3;1-2,5,11H,3-4,10H2. The highest BCUT2D eigenvalue weighted by Crippen LogP contribution is 2.24. The molecule has 0 aliphatic heterocycles. The van der Waals surface area contributed by atoms with Gasteiger partial charge in [-0.25, -0.2) is 0 Å². The Hall–Kier alpha value is -3.01. The lowest BCUT2D eigenvalue weighted by Gasteiger charge is -2.19. The van der Waals surface area contributed by atoms with Crippen LogP contribution in [0.3, 0.4) is 0 Å². The van der Waals surface area contributed by atoms with Crippen molar-refractivity contribution in [1.82, 2.24) is 0 Å². The maximum absolute atomic E-state index is 12.2. The van der Waals surface area contributed by atoms with Gasteiger partial charge in [0.25, 0.3) is 0 Å². The van der Waals surface area contributed by atoms with E-state index in [-0.39, 0.29) is 24.3 Å². The predicted octanol–water partition coefficient (Wildman–Crippen LogP) is 4.10. The fourth-order valence-electron chi connectivity index (χ4n) is 2.26. The first-order valence-corrected chi connectivity index (χ1v) is 8.43. The monoisotopic (exact) mass is 377 g/mol. The van der Waals surface area contributed by atoms with Crippen LogP contribution in [0.5, 0.6) is 11.5 Å². The van der Waals surface area contributed by atoms with Gasteiger partial charge in [-0.15, -0.1) is 0 Å². The Morgan fingerprint density at radius 1 is 1.00 bits per heavy atom. The Morgan fingerprint density at radius 2 is 1.52 bits per heavy atom. The Labute approximate surface area is 158 Å². The number of nitrogen functional groups attached to an aromatic ring is 1. The summed E-state index contributed by atoms with van der Waals surface area (Å²) in [6.45, 7) is 2.50. The molecule has 0 amide bonds. The summed E-state index contributed by atoms with van der Waals surface area (Å²) >= 11 is 0. The number of hydrogen-bond acceptors (Lipinski definition) is 5. The summed E-state index contributed by atoms with van der Waals surface area (Å²) in [4.78, 5) is 0.